The molecule has 1 unspecified atom stereocenters. The molecule has 21 heavy (non-hydrogen) atoms. The van der Waals surface area contributed by atoms with Crippen LogP contribution in [0.1, 0.15) is 39.0 Å². The smallest absolute Gasteiger partial charge is 0.317 e. The van der Waals surface area contributed by atoms with Crippen LogP contribution in [0.5, 0.6) is 0 Å². The summed E-state index contributed by atoms with van der Waals surface area (Å²) in [5, 5.41) is 12.5. The molecule has 0 aliphatic carbocycles. The number of aliphatic carboxylic acids is 1. The molecule has 2 rings (SSSR count). The van der Waals surface area contributed by atoms with Crippen LogP contribution >= 0.6 is 11.8 Å². The number of hydrogen-bond acceptors (Lipinski definition) is 3. The Morgan fingerprint density at radius 3 is 2.71 bits per heavy atom. The Bertz CT molecular complexity index is 385. The van der Waals surface area contributed by atoms with Crippen molar-refractivity contribution in [3.05, 3.63) is 0 Å². The predicted molar refractivity (Wildman–Crippen MR) is 84.6 cm³/mol. The zero-order valence-electron chi connectivity index (χ0n) is 12.8. The summed E-state index contributed by atoms with van der Waals surface area (Å²) < 4.78 is 0. The summed E-state index contributed by atoms with van der Waals surface area (Å²) in [6.45, 7) is 3.63. The van der Waals surface area contributed by atoms with Crippen LogP contribution in [-0.2, 0) is 4.79 Å². The lowest BCUT2D eigenvalue weighted by Gasteiger charge is -2.39. The lowest BCUT2D eigenvalue weighted by Crippen LogP contribution is -2.53. The fourth-order valence-corrected chi connectivity index (χ4v) is 4.42. The first kappa shape index (κ1) is 16.5. The molecule has 0 spiro atoms. The van der Waals surface area contributed by atoms with Gasteiger partial charge in [0, 0.05) is 19.6 Å². The summed E-state index contributed by atoms with van der Waals surface area (Å²) in [6, 6.07) is -0.0907. The first-order valence-corrected chi connectivity index (χ1v) is 9.07. The number of carbonyl (C=O) groups is 2. The maximum Gasteiger partial charge on any atom is 0.317 e. The number of carbonyl (C=O) groups excluding carboxylic acids is 1. The highest BCUT2D eigenvalue weighted by Crippen LogP contribution is 2.33. The van der Waals surface area contributed by atoms with Crippen LogP contribution in [0.3, 0.4) is 0 Å². The van der Waals surface area contributed by atoms with E-state index in [1.165, 1.54) is 24.3 Å². The number of hydrogen-bond donors (Lipinski definition) is 2. The number of nitrogens with one attached hydrogen (secondary N) is 1. The van der Waals surface area contributed by atoms with Crippen LogP contribution in [0.4, 0.5) is 4.79 Å². The Hall–Kier alpha value is -0.910. The minimum atomic E-state index is -0.771. The molecule has 0 aromatic rings. The number of carboxylic acids is 1. The molecule has 2 saturated heterocycles. The average molecular weight is 314 g/mol. The van der Waals surface area contributed by atoms with Crippen molar-refractivity contribution < 1.29 is 14.7 Å². The van der Waals surface area contributed by atoms with E-state index in [2.05, 4.69) is 5.32 Å². The molecule has 2 amide bonds. The van der Waals surface area contributed by atoms with E-state index in [0.29, 0.717) is 31.8 Å². The van der Waals surface area contributed by atoms with E-state index in [4.69, 9.17) is 0 Å². The Morgan fingerprint density at radius 1 is 1.38 bits per heavy atom. The third kappa shape index (κ3) is 4.05. The summed E-state index contributed by atoms with van der Waals surface area (Å²) in [4.78, 5) is 25.5. The van der Waals surface area contributed by atoms with Gasteiger partial charge in [-0.05, 0) is 49.5 Å². The van der Waals surface area contributed by atoms with Gasteiger partial charge in [-0.3, -0.25) is 4.79 Å². The van der Waals surface area contributed by atoms with E-state index in [1.807, 2.05) is 18.7 Å². The quantitative estimate of drug-likeness (QED) is 0.836. The number of nitrogens with zero attached hydrogens (tertiary/aromatic N) is 1. The second-order valence-electron chi connectivity index (χ2n) is 6.21. The van der Waals surface area contributed by atoms with Crippen LogP contribution in [0.25, 0.3) is 0 Å². The van der Waals surface area contributed by atoms with Gasteiger partial charge in [-0.2, -0.15) is 11.8 Å². The molecule has 2 N–H and O–H groups in total. The van der Waals surface area contributed by atoms with Gasteiger partial charge in [-0.15, -0.1) is 0 Å². The van der Waals surface area contributed by atoms with E-state index >= 15 is 0 Å². The number of thioether (sulfide) groups is 1. The second-order valence-corrected chi connectivity index (χ2v) is 7.43. The van der Waals surface area contributed by atoms with Gasteiger partial charge >= 0.3 is 12.0 Å². The molecule has 0 aromatic carbocycles. The van der Waals surface area contributed by atoms with E-state index in [0.717, 1.165) is 13.0 Å². The Morgan fingerprint density at radius 2 is 2.10 bits per heavy atom. The highest BCUT2D eigenvalue weighted by atomic mass is 32.2. The first-order chi connectivity index (χ1) is 10.1. The van der Waals surface area contributed by atoms with Crippen molar-refractivity contribution in [2.24, 2.45) is 11.3 Å². The topological polar surface area (TPSA) is 69.6 Å². The van der Waals surface area contributed by atoms with Crippen LogP contribution in [0.2, 0.25) is 0 Å². The molecule has 2 heterocycles. The predicted octanol–water partition coefficient (Wildman–Crippen LogP) is 2.42. The molecule has 6 heteroatoms. The monoisotopic (exact) mass is 314 g/mol. The van der Waals surface area contributed by atoms with Crippen LogP contribution in [0, 0.1) is 11.3 Å². The zero-order chi connectivity index (χ0) is 15.3. The van der Waals surface area contributed by atoms with Gasteiger partial charge in [0.1, 0.15) is 0 Å². The molecular formula is C15H26N2O3S. The number of carboxylic acid groups (broad SMARTS) is 1. The fraction of sp³-hybridized carbons (Fsp3) is 0.867. The van der Waals surface area contributed by atoms with Crippen LogP contribution < -0.4 is 5.32 Å². The summed E-state index contributed by atoms with van der Waals surface area (Å²) in [5.74, 6) is 2.17. The SMILES string of the molecule is CCC1(C(=O)O)CCCN(C(=O)NCC2CCSCC2)C1. The van der Waals surface area contributed by atoms with Gasteiger partial charge in [-0.1, -0.05) is 6.92 Å². The van der Waals surface area contributed by atoms with Crippen LogP contribution in [0.15, 0.2) is 0 Å². The first-order valence-electron chi connectivity index (χ1n) is 7.91. The standard InChI is InChI=1S/C15H26N2O3S/c1-2-15(13(18)19)6-3-7-17(11-15)14(20)16-10-12-4-8-21-9-5-12/h12H,2-11H2,1H3,(H,16,20)(H,18,19). The van der Waals surface area contributed by atoms with Crippen molar-refractivity contribution in [3.8, 4) is 0 Å². The lowest BCUT2D eigenvalue weighted by molar-refractivity contribution is -0.152. The van der Waals surface area contributed by atoms with Gasteiger partial charge in [0.15, 0.2) is 0 Å². The molecule has 2 aliphatic heterocycles. The summed E-state index contributed by atoms with van der Waals surface area (Å²) in [7, 11) is 0. The van der Waals surface area contributed by atoms with Gasteiger partial charge in [0.2, 0.25) is 0 Å². The maximum absolute atomic E-state index is 12.3. The van der Waals surface area contributed by atoms with Crippen molar-refractivity contribution in [1.29, 1.82) is 0 Å². The fourth-order valence-electron chi connectivity index (χ4n) is 3.21. The van der Waals surface area contributed by atoms with E-state index in [9.17, 15) is 14.7 Å². The Balaban J connectivity index is 1.85. The third-order valence-electron chi connectivity index (χ3n) is 4.88. The van der Waals surface area contributed by atoms with Gasteiger partial charge < -0.3 is 15.3 Å². The van der Waals surface area contributed by atoms with Crippen molar-refractivity contribution in [2.45, 2.75) is 39.0 Å². The normalized spacial score (nSPS) is 27.4. The van der Waals surface area contributed by atoms with Crippen molar-refractivity contribution in [3.63, 3.8) is 0 Å². The molecule has 2 fully saturated rings. The van der Waals surface area contributed by atoms with E-state index in [-0.39, 0.29) is 6.03 Å². The summed E-state index contributed by atoms with van der Waals surface area (Å²) >= 11 is 1.98. The zero-order valence-corrected chi connectivity index (χ0v) is 13.6. The minimum absolute atomic E-state index is 0.0907. The lowest BCUT2D eigenvalue weighted by atomic mass is 9.78. The molecule has 2 aliphatic rings. The average Bonchev–Trinajstić information content (AvgIpc) is 2.53. The summed E-state index contributed by atoms with van der Waals surface area (Å²) in [5.41, 5.74) is -0.753. The summed E-state index contributed by atoms with van der Waals surface area (Å²) in [6.07, 6.45) is 4.35. The molecular weight excluding hydrogens is 288 g/mol. The number of urea groups is 1. The largest absolute Gasteiger partial charge is 0.481 e. The molecule has 0 saturated carbocycles. The Labute approximate surface area is 130 Å². The second kappa shape index (κ2) is 7.38. The molecule has 0 radical (unpaired) electrons. The number of rotatable bonds is 4. The molecule has 0 aromatic heterocycles. The van der Waals surface area contributed by atoms with E-state index in [1.54, 1.807) is 4.90 Å². The van der Waals surface area contributed by atoms with Gasteiger partial charge in [0.05, 0.1) is 5.41 Å². The molecule has 0 bridgehead atoms. The maximum atomic E-state index is 12.3. The van der Waals surface area contributed by atoms with E-state index < -0.39 is 11.4 Å². The number of piperidine rings is 1. The van der Waals surface area contributed by atoms with Gasteiger partial charge in [0.25, 0.3) is 0 Å². The highest BCUT2D eigenvalue weighted by molar-refractivity contribution is 7.99. The highest BCUT2D eigenvalue weighted by Gasteiger charge is 2.42. The van der Waals surface area contributed by atoms with Crippen molar-refractivity contribution in [1.82, 2.24) is 10.2 Å². The van der Waals surface area contributed by atoms with Gasteiger partial charge in [-0.25, -0.2) is 4.79 Å². The minimum Gasteiger partial charge on any atom is -0.481 e. The Kier molecular flexibility index (Phi) is 5.79. The molecule has 5 nitrogen and oxygen atoms in total. The molecule has 120 valence electrons. The third-order valence-corrected chi connectivity index (χ3v) is 5.93. The van der Waals surface area contributed by atoms with Crippen molar-refractivity contribution in [2.75, 3.05) is 31.1 Å². The number of amides is 2. The van der Waals surface area contributed by atoms with Crippen molar-refractivity contribution >= 4 is 23.8 Å². The number of likely N-dealkylation sites (tertiary alicyclic amines) is 1. The van der Waals surface area contributed by atoms with Crippen LogP contribution in [-0.4, -0.2) is 53.1 Å². The molecule has 1 atom stereocenters.